The standard InChI is InChI=1S/C20H21F2N7O2/c21-11-4-10(6-23-7-11)14-5-12(22)8-29(14)20(31)17-16-18(24-9-25-19(16)28-27-17)26-13-2-1-3-15(13)30/h4,6-7,9,12-15,30H,1-3,5,8H2,(H2,24,25,26,27,28)/t12-,13+,14+,15+/m0/s1. The predicted molar refractivity (Wildman–Crippen MR) is 106 cm³/mol. The number of anilines is 1. The van der Waals surface area contributed by atoms with E-state index in [0.29, 0.717) is 28.8 Å². The van der Waals surface area contributed by atoms with Gasteiger partial charge in [-0.2, -0.15) is 5.10 Å². The molecule has 0 spiro atoms. The lowest BCUT2D eigenvalue weighted by Gasteiger charge is -2.24. The van der Waals surface area contributed by atoms with E-state index in [9.17, 15) is 18.7 Å². The number of alkyl halides is 1. The first-order valence-corrected chi connectivity index (χ1v) is 10.2. The van der Waals surface area contributed by atoms with Crippen molar-refractivity contribution in [2.45, 2.75) is 50.0 Å². The van der Waals surface area contributed by atoms with Crippen molar-refractivity contribution in [3.63, 3.8) is 0 Å². The van der Waals surface area contributed by atoms with E-state index in [2.05, 4.69) is 30.5 Å². The second-order valence-corrected chi connectivity index (χ2v) is 8.01. The summed E-state index contributed by atoms with van der Waals surface area (Å²) in [5.74, 6) is -0.675. The van der Waals surface area contributed by atoms with Crippen molar-refractivity contribution in [3.8, 4) is 0 Å². The lowest BCUT2D eigenvalue weighted by molar-refractivity contribution is 0.0724. The number of aliphatic hydroxyl groups excluding tert-OH is 1. The molecule has 4 atom stereocenters. The van der Waals surface area contributed by atoms with Gasteiger partial charge in [0.05, 0.1) is 36.3 Å². The van der Waals surface area contributed by atoms with Gasteiger partial charge in [0.1, 0.15) is 24.1 Å². The van der Waals surface area contributed by atoms with Crippen molar-refractivity contribution < 1.29 is 18.7 Å². The molecule has 11 heteroatoms. The first-order chi connectivity index (χ1) is 15.0. The first kappa shape index (κ1) is 19.7. The molecule has 3 N–H and O–H groups in total. The minimum atomic E-state index is -1.25. The molecular formula is C20H21F2N7O2. The molecule has 31 heavy (non-hydrogen) atoms. The number of carbonyl (C=O) groups is 1. The summed E-state index contributed by atoms with van der Waals surface area (Å²) in [4.78, 5) is 27.0. The van der Waals surface area contributed by atoms with Gasteiger partial charge < -0.3 is 15.3 Å². The Morgan fingerprint density at radius 1 is 1.29 bits per heavy atom. The van der Waals surface area contributed by atoms with Crippen molar-refractivity contribution in [2.24, 2.45) is 0 Å². The Morgan fingerprint density at radius 2 is 2.16 bits per heavy atom. The van der Waals surface area contributed by atoms with E-state index in [-0.39, 0.29) is 24.7 Å². The fraction of sp³-hybridized carbons (Fsp3) is 0.450. The maximum absolute atomic E-state index is 14.3. The van der Waals surface area contributed by atoms with Gasteiger partial charge in [0.15, 0.2) is 11.3 Å². The summed E-state index contributed by atoms with van der Waals surface area (Å²) < 4.78 is 28.0. The number of H-pyrrole nitrogens is 1. The topological polar surface area (TPSA) is 120 Å². The number of pyridine rings is 1. The molecule has 3 aromatic rings. The number of aliphatic hydroxyl groups is 1. The molecule has 1 amide bonds. The summed E-state index contributed by atoms with van der Waals surface area (Å²) in [6.07, 6.45) is 4.49. The van der Waals surface area contributed by atoms with Crippen molar-refractivity contribution in [1.82, 2.24) is 30.0 Å². The molecule has 9 nitrogen and oxygen atoms in total. The molecule has 2 fully saturated rings. The third kappa shape index (κ3) is 3.58. The van der Waals surface area contributed by atoms with Crippen LogP contribution in [0, 0.1) is 5.82 Å². The van der Waals surface area contributed by atoms with Gasteiger partial charge in [0.2, 0.25) is 0 Å². The minimum absolute atomic E-state index is 0.0500. The van der Waals surface area contributed by atoms with Crippen molar-refractivity contribution in [1.29, 1.82) is 0 Å². The van der Waals surface area contributed by atoms with Gasteiger partial charge in [-0.15, -0.1) is 0 Å². The number of rotatable bonds is 4. The molecule has 5 rings (SSSR count). The summed E-state index contributed by atoms with van der Waals surface area (Å²) in [6.45, 7) is -0.133. The molecule has 162 valence electrons. The Kier molecular flexibility index (Phi) is 4.97. The van der Waals surface area contributed by atoms with Gasteiger partial charge in [0.25, 0.3) is 5.91 Å². The van der Waals surface area contributed by atoms with Crippen LogP contribution in [0.3, 0.4) is 0 Å². The zero-order valence-corrected chi connectivity index (χ0v) is 16.5. The van der Waals surface area contributed by atoms with Crippen LogP contribution in [0.5, 0.6) is 0 Å². The SMILES string of the molecule is O=C(c1n[nH]c2ncnc(N[C@@H]3CCC[C@H]3O)c12)N1C[C@@H](F)C[C@@H]1c1cncc(F)c1. The molecule has 2 aliphatic rings. The molecule has 1 saturated carbocycles. The van der Waals surface area contributed by atoms with Gasteiger partial charge in [-0.25, -0.2) is 18.7 Å². The number of halogens is 2. The van der Waals surface area contributed by atoms with E-state index in [0.717, 1.165) is 19.0 Å². The number of amides is 1. The van der Waals surface area contributed by atoms with Crippen molar-refractivity contribution in [2.75, 3.05) is 11.9 Å². The number of hydrogen-bond acceptors (Lipinski definition) is 7. The number of fused-ring (bicyclic) bond motifs is 1. The Balaban J connectivity index is 1.50. The van der Waals surface area contributed by atoms with Gasteiger partial charge in [0, 0.05) is 12.6 Å². The molecule has 1 saturated heterocycles. The first-order valence-electron chi connectivity index (χ1n) is 10.2. The molecule has 0 aromatic carbocycles. The molecular weight excluding hydrogens is 408 g/mol. The monoisotopic (exact) mass is 429 g/mol. The Labute approximate surface area is 175 Å². The lowest BCUT2D eigenvalue weighted by atomic mass is 10.1. The lowest BCUT2D eigenvalue weighted by Crippen LogP contribution is -2.32. The number of nitrogens with one attached hydrogen (secondary N) is 2. The molecule has 0 unspecified atom stereocenters. The highest BCUT2D eigenvalue weighted by atomic mass is 19.1. The number of aromatic nitrogens is 5. The van der Waals surface area contributed by atoms with Gasteiger partial charge >= 0.3 is 0 Å². The number of carbonyl (C=O) groups excluding carboxylic acids is 1. The van der Waals surface area contributed by atoms with Crippen LogP contribution in [0.1, 0.15) is 47.8 Å². The Bertz CT molecular complexity index is 1120. The summed E-state index contributed by atoms with van der Waals surface area (Å²) in [7, 11) is 0. The zero-order chi connectivity index (χ0) is 21.5. The largest absolute Gasteiger partial charge is 0.391 e. The van der Waals surface area contributed by atoms with Crippen LogP contribution in [0.4, 0.5) is 14.6 Å². The van der Waals surface area contributed by atoms with Crippen LogP contribution in [-0.4, -0.2) is 65.9 Å². The highest BCUT2D eigenvalue weighted by Gasteiger charge is 2.39. The predicted octanol–water partition coefficient (Wildman–Crippen LogP) is 2.14. The van der Waals surface area contributed by atoms with E-state index < -0.39 is 30.0 Å². The minimum Gasteiger partial charge on any atom is -0.391 e. The Morgan fingerprint density at radius 3 is 2.94 bits per heavy atom. The van der Waals surface area contributed by atoms with Gasteiger partial charge in [-0.05, 0) is 30.9 Å². The smallest absolute Gasteiger partial charge is 0.275 e. The third-order valence-corrected chi connectivity index (χ3v) is 5.98. The van der Waals surface area contributed by atoms with Crippen LogP contribution < -0.4 is 5.32 Å². The van der Waals surface area contributed by atoms with Gasteiger partial charge in [-0.1, -0.05) is 0 Å². The summed E-state index contributed by atoms with van der Waals surface area (Å²) >= 11 is 0. The third-order valence-electron chi connectivity index (χ3n) is 5.98. The number of nitrogens with zero attached hydrogens (tertiary/aromatic N) is 5. The van der Waals surface area contributed by atoms with Crippen LogP contribution in [-0.2, 0) is 0 Å². The fourth-order valence-corrected chi connectivity index (χ4v) is 4.48. The number of likely N-dealkylation sites (tertiary alicyclic amines) is 1. The maximum atomic E-state index is 14.3. The quantitative estimate of drug-likeness (QED) is 0.581. The molecule has 1 aliphatic carbocycles. The molecule has 0 bridgehead atoms. The van der Waals surface area contributed by atoms with E-state index in [1.165, 1.54) is 23.5 Å². The normalized spacial score (nSPS) is 26.0. The highest BCUT2D eigenvalue weighted by Crippen LogP contribution is 2.36. The van der Waals surface area contributed by atoms with E-state index >= 15 is 0 Å². The fourth-order valence-electron chi connectivity index (χ4n) is 4.48. The number of aromatic amines is 1. The van der Waals surface area contributed by atoms with Crippen LogP contribution in [0.15, 0.2) is 24.8 Å². The van der Waals surface area contributed by atoms with Crippen molar-refractivity contribution in [3.05, 3.63) is 41.9 Å². The van der Waals surface area contributed by atoms with Crippen LogP contribution in [0.2, 0.25) is 0 Å². The Hall–Kier alpha value is -3.21. The van der Waals surface area contributed by atoms with E-state index in [4.69, 9.17) is 0 Å². The highest BCUT2D eigenvalue weighted by molar-refractivity contribution is 6.07. The number of hydrogen-bond donors (Lipinski definition) is 3. The van der Waals surface area contributed by atoms with Crippen LogP contribution >= 0.6 is 0 Å². The van der Waals surface area contributed by atoms with E-state index in [1.807, 2.05) is 0 Å². The summed E-state index contributed by atoms with van der Waals surface area (Å²) in [6, 6.07) is 0.412. The summed E-state index contributed by atoms with van der Waals surface area (Å²) in [5, 5.41) is 20.6. The average Bonchev–Trinajstić information content (AvgIpc) is 3.47. The van der Waals surface area contributed by atoms with Gasteiger partial charge in [-0.3, -0.25) is 14.9 Å². The second-order valence-electron chi connectivity index (χ2n) is 8.01. The maximum Gasteiger partial charge on any atom is 0.275 e. The van der Waals surface area contributed by atoms with Crippen molar-refractivity contribution >= 4 is 22.8 Å². The average molecular weight is 429 g/mol. The zero-order valence-electron chi connectivity index (χ0n) is 16.5. The van der Waals surface area contributed by atoms with Crippen LogP contribution in [0.25, 0.3) is 11.0 Å². The second kappa shape index (κ2) is 7.80. The molecule has 1 aliphatic heterocycles. The molecule has 3 aromatic heterocycles. The summed E-state index contributed by atoms with van der Waals surface area (Å²) in [5.41, 5.74) is 0.833. The molecule has 4 heterocycles. The van der Waals surface area contributed by atoms with E-state index in [1.54, 1.807) is 0 Å². The molecule has 0 radical (unpaired) electrons.